The maximum Gasteiger partial charge on any atom is 0.132 e. The molecular weight excluding hydrogens is 246 g/mol. The largest absolute Gasteiger partial charge is 0.326 e. The summed E-state index contributed by atoms with van der Waals surface area (Å²) in [5.74, 6) is 1.01. The van der Waals surface area contributed by atoms with Gasteiger partial charge in [-0.3, -0.25) is 0 Å². The Morgan fingerprint density at radius 1 is 1.25 bits per heavy atom. The molecule has 20 heavy (non-hydrogen) atoms. The molecule has 0 spiro atoms. The Bertz CT molecular complexity index is 602. The normalized spacial score (nSPS) is 15.8. The van der Waals surface area contributed by atoms with E-state index in [-0.39, 0.29) is 6.04 Å². The number of anilines is 2. The van der Waals surface area contributed by atoms with Crippen LogP contribution in [0.3, 0.4) is 0 Å². The molecule has 3 rings (SSSR count). The molecule has 1 aromatic heterocycles. The fraction of sp³-hybridized carbons (Fsp3) is 0.353. The number of fused-ring (bicyclic) bond motifs is 1. The zero-order valence-electron chi connectivity index (χ0n) is 12.1. The first-order valence-electron chi connectivity index (χ1n) is 7.24. The van der Waals surface area contributed by atoms with Crippen molar-refractivity contribution in [3.8, 4) is 0 Å². The highest BCUT2D eigenvalue weighted by atomic mass is 15.2. The van der Waals surface area contributed by atoms with Crippen LogP contribution in [0.1, 0.15) is 36.1 Å². The molecule has 0 bridgehead atoms. The quantitative estimate of drug-likeness (QED) is 0.905. The van der Waals surface area contributed by atoms with E-state index < -0.39 is 0 Å². The van der Waals surface area contributed by atoms with E-state index in [4.69, 9.17) is 5.73 Å². The second-order valence-electron chi connectivity index (χ2n) is 5.63. The molecule has 2 N–H and O–H groups in total. The standard InChI is InChI=1S/C17H21N3/c1-12-5-7-16-14(10-12)4-3-9-20(16)17-8-6-15(11-19-17)13(2)18/h5-8,10-11,13H,3-4,9,18H2,1-2H3/t13-/m1/s1. The molecule has 104 valence electrons. The Hall–Kier alpha value is -1.87. The second kappa shape index (κ2) is 5.25. The van der Waals surface area contributed by atoms with Crippen LogP contribution in [0.15, 0.2) is 36.5 Å². The molecule has 0 saturated heterocycles. The summed E-state index contributed by atoms with van der Waals surface area (Å²) in [5.41, 5.74) is 11.0. The molecule has 0 fully saturated rings. The van der Waals surface area contributed by atoms with Gasteiger partial charge in [-0.2, -0.15) is 0 Å². The molecule has 3 nitrogen and oxygen atoms in total. The van der Waals surface area contributed by atoms with Crippen LogP contribution in [-0.2, 0) is 6.42 Å². The van der Waals surface area contributed by atoms with Gasteiger partial charge in [-0.25, -0.2) is 4.98 Å². The highest BCUT2D eigenvalue weighted by Crippen LogP contribution is 2.33. The Morgan fingerprint density at radius 3 is 2.80 bits per heavy atom. The maximum atomic E-state index is 5.88. The summed E-state index contributed by atoms with van der Waals surface area (Å²) in [7, 11) is 0. The number of aromatic nitrogens is 1. The number of pyridine rings is 1. The van der Waals surface area contributed by atoms with E-state index in [1.54, 1.807) is 0 Å². The lowest BCUT2D eigenvalue weighted by molar-refractivity contribution is 0.755. The van der Waals surface area contributed by atoms with Gasteiger partial charge in [0.15, 0.2) is 0 Å². The lowest BCUT2D eigenvalue weighted by Crippen LogP contribution is -2.25. The Balaban J connectivity index is 1.96. The van der Waals surface area contributed by atoms with Gasteiger partial charge in [-0.05, 0) is 49.9 Å². The smallest absolute Gasteiger partial charge is 0.132 e. The van der Waals surface area contributed by atoms with Crippen molar-refractivity contribution >= 4 is 11.5 Å². The minimum absolute atomic E-state index is 0.0350. The van der Waals surface area contributed by atoms with Crippen molar-refractivity contribution in [2.45, 2.75) is 32.7 Å². The van der Waals surface area contributed by atoms with Crippen molar-refractivity contribution in [1.82, 2.24) is 4.98 Å². The number of benzene rings is 1. The number of hydrogen-bond donors (Lipinski definition) is 1. The van der Waals surface area contributed by atoms with Crippen LogP contribution in [-0.4, -0.2) is 11.5 Å². The fourth-order valence-electron chi connectivity index (χ4n) is 2.79. The predicted octanol–water partition coefficient (Wildman–Crippen LogP) is 3.49. The van der Waals surface area contributed by atoms with Crippen LogP contribution >= 0.6 is 0 Å². The molecule has 2 heterocycles. The molecule has 1 atom stereocenters. The van der Waals surface area contributed by atoms with Crippen molar-refractivity contribution in [2.75, 3.05) is 11.4 Å². The molecule has 0 radical (unpaired) electrons. The van der Waals surface area contributed by atoms with Crippen molar-refractivity contribution in [3.05, 3.63) is 53.2 Å². The number of nitrogens with two attached hydrogens (primary N) is 1. The average Bonchev–Trinajstić information content (AvgIpc) is 2.46. The van der Waals surface area contributed by atoms with Crippen LogP contribution < -0.4 is 10.6 Å². The summed E-state index contributed by atoms with van der Waals surface area (Å²) in [6, 6.07) is 10.9. The van der Waals surface area contributed by atoms with Crippen LogP contribution in [0.25, 0.3) is 0 Å². The monoisotopic (exact) mass is 267 g/mol. The SMILES string of the molecule is Cc1ccc2c(c1)CCCN2c1ccc([C@@H](C)N)cn1. The third kappa shape index (κ3) is 2.41. The highest BCUT2D eigenvalue weighted by Gasteiger charge is 2.19. The fourth-order valence-corrected chi connectivity index (χ4v) is 2.79. The van der Waals surface area contributed by atoms with Gasteiger partial charge in [0.05, 0.1) is 0 Å². The minimum atomic E-state index is 0.0350. The summed E-state index contributed by atoms with van der Waals surface area (Å²) in [6.45, 7) is 5.16. The lowest BCUT2D eigenvalue weighted by atomic mass is 9.99. The third-order valence-corrected chi connectivity index (χ3v) is 3.93. The molecule has 0 amide bonds. The summed E-state index contributed by atoms with van der Waals surface area (Å²) in [5, 5.41) is 0. The Labute approximate surface area is 120 Å². The molecule has 3 heteroatoms. The van der Waals surface area contributed by atoms with Crippen molar-refractivity contribution in [2.24, 2.45) is 5.73 Å². The van der Waals surface area contributed by atoms with Gasteiger partial charge < -0.3 is 10.6 Å². The van der Waals surface area contributed by atoms with Crippen molar-refractivity contribution < 1.29 is 0 Å². The van der Waals surface area contributed by atoms with E-state index in [9.17, 15) is 0 Å². The first-order chi connectivity index (χ1) is 9.65. The number of hydrogen-bond acceptors (Lipinski definition) is 3. The van der Waals surface area contributed by atoms with Crippen LogP contribution in [0.2, 0.25) is 0 Å². The van der Waals surface area contributed by atoms with Gasteiger partial charge in [-0.1, -0.05) is 23.8 Å². The average molecular weight is 267 g/mol. The molecule has 1 aliphatic heterocycles. The number of nitrogens with zero attached hydrogens (tertiary/aromatic N) is 2. The molecule has 2 aromatic rings. The van der Waals surface area contributed by atoms with Crippen LogP contribution in [0, 0.1) is 6.92 Å². The van der Waals surface area contributed by atoms with E-state index >= 15 is 0 Å². The predicted molar refractivity (Wildman–Crippen MR) is 83.3 cm³/mol. The first kappa shape index (κ1) is 13.1. The topological polar surface area (TPSA) is 42.1 Å². The zero-order valence-corrected chi connectivity index (χ0v) is 12.1. The lowest BCUT2D eigenvalue weighted by Gasteiger charge is -2.30. The molecule has 0 unspecified atom stereocenters. The van der Waals surface area contributed by atoms with E-state index in [1.165, 1.54) is 23.2 Å². The maximum absolute atomic E-state index is 5.88. The van der Waals surface area contributed by atoms with E-state index in [2.05, 4.69) is 47.1 Å². The summed E-state index contributed by atoms with van der Waals surface area (Å²) in [6.07, 6.45) is 4.22. The summed E-state index contributed by atoms with van der Waals surface area (Å²) < 4.78 is 0. The van der Waals surface area contributed by atoms with Gasteiger partial charge in [0, 0.05) is 24.5 Å². The molecule has 0 saturated carbocycles. The second-order valence-corrected chi connectivity index (χ2v) is 5.63. The van der Waals surface area contributed by atoms with Gasteiger partial charge in [0.25, 0.3) is 0 Å². The van der Waals surface area contributed by atoms with E-state index in [0.717, 1.165) is 24.3 Å². The number of rotatable bonds is 2. The summed E-state index contributed by atoms with van der Waals surface area (Å²) in [4.78, 5) is 6.90. The molecular formula is C17H21N3. The molecule has 0 aliphatic carbocycles. The highest BCUT2D eigenvalue weighted by molar-refractivity contribution is 5.66. The van der Waals surface area contributed by atoms with E-state index in [1.807, 2.05) is 13.1 Å². The zero-order chi connectivity index (χ0) is 14.1. The van der Waals surface area contributed by atoms with Crippen LogP contribution in [0.5, 0.6) is 0 Å². The molecule has 1 aromatic carbocycles. The molecule has 1 aliphatic rings. The van der Waals surface area contributed by atoms with Gasteiger partial charge in [0.1, 0.15) is 5.82 Å². The van der Waals surface area contributed by atoms with Crippen LogP contribution in [0.4, 0.5) is 11.5 Å². The number of aryl methyl sites for hydroxylation is 2. The Morgan fingerprint density at radius 2 is 2.10 bits per heavy atom. The first-order valence-corrected chi connectivity index (χ1v) is 7.24. The minimum Gasteiger partial charge on any atom is -0.326 e. The Kier molecular flexibility index (Phi) is 3.45. The third-order valence-electron chi connectivity index (χ3n) is 3.93. The van der Waals surface area contributed by atoms with Crippen molar-refractivity contribution in [3.63, 3.8) is 0 Å². The summed E-state index contributed by atoms with van der Waals surface area (Å²) >= 11 is 0. The van der Waals surface area contributed by atoms with Gasteiger partial charge >= 0.3 is 0 Å². The van der Waals surface area contributed by atoms with Gasteiger partial charge in [-0.15, -0.1) is 0 Å². The van der Waals surface area contributed by atoms with Crippen molar-refractivity contribution in [1.29, 1.82) is 0 Å². The van der Waals surface area contributed by atoms with Gasteiger partial charge in [0.2, 0.25) is 0 Å². The van der Waals surface area contributed by atoms with E-state index in [0.29, 0.717) is 0 Å².